The van der Waals surface area contributed by atoms with Crippen LogP contribution in [0.3, 0.4) is 0 Å². The molecule has 0 bridgehead atoms. The van der Waals surface area contributed by atoms with E-state index in [1.807, 2.05) is 37.3 Å². The van der Waals surface area contributed by atoms with Crippen molar-refractivity contribution in [1.82, 2.24) is 0 Å². The number of aliphatic hydroxyl groups excluding tert-OH is 1. The Morgan fingerprint density at radius 1 is 1.16 bits per heavy atom. The molecule has 0 radical (unpaired) electrons. The molecule has 0 unspecified atom stereocenters. The Labute approximate surface area is 112 Å². The van der Waals surface area contributed by atoms with Gasteiger partial charge >= 0.3 is 0 Å². The molecule has 0 fully saturated rings. The summed E-state index contributed by atoms with van der Waals surface area (Å²) in [5, 5.41) is 18.0. The van der Waals surface area contributed by atoms with Gasteiger partial charge in [-0.25, -0.2) is 0 Å². The average molecular weight is 253 g/mol. The van der Waals surface area contributed by atoms with Gasteiger partial charge in [-0.2, -0.15) is 5.26 Å². The average Bonchev–Trinajstić information content (AvgIpc) is 2.46. The molecule has 0 aliphatic carbocycles. The molecular formula is C16H15NO2. The Bertz CT molecular complexity index is 597. The maximum absolute atomic E-state index is 9.29. The summed E-state index contributed by atoms with van der Waals surface area (Å²) in [7, 11) is 0. The second-order valence-corrected chi connectivity index (χ2v) is 4.37. The van der Waals surface area contributed by atoms with E-state index >= 15 is 0 Å². The first kappa shape index (κ1) is 13.1. The molecule has 2 aromatic rings. The van der Waals surface area contributed by atoms with E-state index in [1.54, 1.807) is 12.1 Å². The molecule has 96 valence electrons. The van der Waals surface area contributed by atoms with Crippen LogP contribution in [0.4, 0.5) is 0 Å². The van der Waals surface area contributed by atoms with Crippen molar-refractivity contribution in [2.45, 2.75) is 20.1 Å². The zero-order valence-corrected chi connectivity index (χ0v) is 10.8. The number of benzene rings is 2. The van der Waals surface area contributed by atoms with Gasteiger partial charge in [-0.1, -0.05) is 29.8 Å². The molecule has 0 spiro atoms. The van der Waals surface area contributed by atoms with Crippen molar-refractivity contribution in [3.63, 3.8) is 0 Å². The summed E-state index contributed by atoms with van der Waals surface area (Å²) in [6, 6.07) is 15.1. The number of aryl methyl sites for hydroxylation is 1. The smallest absolute Gasteiger partial charge is 0.125 e. The lowest BCUT2D eigenvalue weighted by Crippen LogP contribution is -1.99. The first-order chi connectivity index (χ1) is 9.22. The van der Waals surface area contributed by atoms with Gasteiger partial charge in [0.2, 0.25) is 0 Å². The van der Waals surface area contributed by atoms with Crippen LogP contribution in [-0.2, 0) is 13.2 Å². The lowest BCUT2D eigenvalue weighted by molar-refractivity contribution is 0.259. The van der Waals surface area contributed by atoms with Crippen molar-refractivity contribution in [3.05, 3.63) is 64.7 Å². The predicted octanol–water partition coefficient (Wildman–Crippen LogP) is 2.94. The van der Waals surface area contributed by atoms with Crippen LogP contribution in [0.1, 0.15) is 22.3 Å². The quantitative estimate of drug-likeness (QED) is 0.911. The van der Waals surface area contributed by atoms with E-state index in [2.05, 4.69) is 6.07 Å². The molecule has 0 saturated carbocycles. The largest absolute Gasteiger partial charge is 0.489 e. The minimum Gasteiger partial charge on any atom is -0.489 e. The van der Waals surface area contributed by atoms with Crippen LogP contribution in [0.25, 0.3) is 0 Å². The molecule has 0 atom stereocenters. The number of hydrogen-bond acceptors (Lipinski definition) is 3. The van der Waals surface area contributed by atoms with Gasteiger partial charge in [0, 0.05) is 5.56 Å². The van der Waals surface area contributed by atoms with Crippen molar-refractivity contribution < 1.29 is 9.84 Å². The maximum Gasteiger partial charge on any atom is 0.125 e. The van der Waals surface area contributed by atoms with Gasteiger partial charge in [-0.05, 0) is 30.7 Å². The number of ether oxygens (including phenoxy) is 1. The maximum atomic E-state index is 9.29. The van der Waals surface area contributed by atoms with Crippen molar-refractivity contribution in [1.29, 1.82) is 5.26 Å². The summed E-state index contributed by atoms with van der Waals surface area (Å²) >= 11 is 0. The predicted molar refractivity (Wildman–Crippen MR) is 72.6 cm³/mol. The summed E-state index contributed by atoms with van der Waals surface area (Å²) in [5.41, 5.74) is 3.50. The van der Waals surface area contributed by atoms with Gasteiger partial charge in [0.15, 0.2) is 0 Å². The Morgan fingerprint density at radius 3 is 2.53 bits per heavy atom. The fourth-order valence-corrected chi connectivity index (χ4v) is 1.81. The Hall–Kier alpha value is -2.31. The van der Waals surface area contributed by atoms with E-state index < -0.39 is 0 Å². The Balaban J connectivity index is 2.07. The summed E-state index contributed by atoms with van der Waals surface area (Å²) in [4.78, 5) is 0. The van der Waals surface area contributed by atoms with Crippen molar-refractivity contribution in [2.24, 2.45) is 0 Å². The van der Waals surface area contributed by atoms with Crippen LogP contribution < -0.4 is 4.74 Å². The molecule has 0 heterocycles. The summed E-state index contributed by atoms with van der Waals surface area (Å²) in [5.74, 6) is 0.692. The molecule has 0 aromatic heterocycles. The Morgan fingerprint density at radius 2 is 1.89 bits per heavy atom. The van der Waals surface area contributed by atoms with E-state index in [0.717, 1.165) is 16.7 Å². The minimum atomic E-state index is -0.0373. The topological polar surface area (TPSA) is 53.2 Å². The molecule has 1 N–H and O–H groups in total. The van der Waals surface area contributed by atoms with Crippen LogP contribution in [-0.4, -0.2) is 5.11 Å². The van der Waals surface area contributed by atoms with Gasteiger partial charge in [0.25, 0.3) is 0 Å². The highest BCUT2D eigenvalue weighted by Gasteiger charge is 2.03. The molecule has 0 amide bonds. The van der Waals surface area contributed by atoms with E-state index in [-0.39, 0.29) is 6.61 Å². The molecule has 19 heavy (non-hydrogen) atoms. The lowest BCUT2D eigenvalue weighted by atomic mass is 10.1. The summed E-state index contributed by atoms with van der Waals surface area (Å²) in [6.45, 7) is 2.36. The van der Waals surface area contributed by atoms with Crippen LogP contribution in [0, 0.1) is 18.3 Å². The lowest BCUT2D eigenvalue weighted by Gasteiger charge is -2.11. The molecule has 3 nitrogen and oxygen atoms in total. The highest BCUT2D eigenvalue weighted by atomic mass is 16.5. The zero-order valence-electron chi connectivity index (χ0n) is 10.8. The molecule has 2 aromatic carbocycles. The van der Waals surface area contributed by atoms with Crippen LogP contribution in [0.15, 0.2) is 42.5 Å². The van der Waals surface area contributed by atoms with Gasteiger partial charge in [0.05, 0.1) is 18.2 Å². The molecule has 0 aliphatic rings. The second kappa shape index (κ2) is 6.03. The summed E-state index contributed by atoms with van der Waals surface area (Å²) in [6.07, 6.45) is 0. The number of nitrogens with zero attached hydrogens (tertiary/aromatic N) is 1. The zero-order chi connectivity index (χ0) is 13.7. The third-order valence-corrected chi connectivity index (χ3v) is 2.86. The third-order valence-electron chi connectivity index (χ3n) is 2.86. The third kappa shape index (κ3) is 3.34. The Kier molecular flexibility index (Phi) is 4.17. The van der Waals surface area contributed by atoms with E-state index in [4.69, 9.17) is 10.00 Å². The highest BCUT2D eigenvalue weighted by molar-refractivity contribution is 5.37. The number of nitriles is 1. The monoisotopic (exact) mass is 253 g/mol. The molecular weight excluding hydrogens is 238 g/mol. The SMILES string of the molecule is Cc1ccc(OCc2ccc(C#N)cc2)c(CO)c1. The second-order valence-electron chi connectivity index (χ2n) is 4.37. The van der Waals surface area contributed by atoms with E-state index in [9.17, 15) is 5.11 Å². The van der Waals surface area contributed by atoms with E-state index in [1.165, 1.54) is 0 Å². The fraction of sp³-hybridized carbons (Fsp3) is 0.188. The van der Waals surface area contributed by atoms with Crippen LogP contribution in [0.5, 0.6) is 5.75 Å². The number of rotatable bonds is 4. The number of hydrogen-bond donors (Lipinski definition) is 1. The van der Waals surface area contributed by atoms with Crippen LogP contribution >= 0.6 is 0 Å². The highest BCUT2D eigenvalue weighted by Crippen LogP contribution is 2.21. The first-order valence-electron chi connectivity index (χ1n) is 6.05. The normalized spacial score (nSPS) is 9.95. The molecule has 0 aliphatic heterocycles. The van der Waals surface area contributed by atoms with Crippen molar-refractivity contribution >= 4 is 0 Å². The molecule has 3 heteroatoms. The fourth-order valence-electron chi connectivity index (χ4n) is 1.81. The molecule has 2 rings (SSSR count). The van der Waals surface area contributed by atoms with E-state index in [0.29, 0.717) is 17.9 Å². The number of aliphatic hydroxyl groups is 1. The minimum absolute atomic E-state index is 0.0373. The molecule has 0 saturated heterocycles. The summed E-state index contributed by atoms with van der Waals surface area (Å²) < 4.78 is 5.70. The van der Waals surface area contributed by atoms with Gasteiger partial charge in [-0.15, -0.1) is 0 Å². The standard InChI is InChI=1S/C16H15NO2/c1-12-2-7-16(15(8-12)10-18)19-11-14-5-3-13(9-17)4-6-14/h2-8,18H,10-11H2,1H3. The van der Waals surface area contributed by atoms with Gasteiger partial charge < -0.3 is 9.84 Å². The van der Waals surface area contributed by atoms with Crippen LogP contribution in [0.2, 0.25) is 0 Å². The van der Waals surface area contributed by atoms with Gasteiger partial charge in [-0.3, -0.25) is 0 Å². The van der Waals surface area contributed by atoms with Crippen molar-refractivity contribution in [3.8, 4) is 11.8 Å². The first-order valence-corrected chi connectivity index (χ1v) is 6.05. The van der Waals surface area contributed by atoms with Gasteiger partial charge in [0.1, 0.15) is 12.4 Å². The van der Waals surface area contributed by atoms with Crippen molar-refractivity contribution in [2.75, 3.05) is 0 Å².